The van der Waals surface area contributed by atoms with Crippen molar-refractivity contribution in [2.24, 2.45) is 4.99 Å². The smallest absolute Gasteiger partial charge is 0.363 e. The second-order valence-electron chi connectivity index (χ2n) is 5.62. The van der Waals surface area contributed by atoms with E-state index in [4.69, 9.17) is 14.2 Å². The van der Waals surface area contributed by atoms with E-state index in [0.717, 1.165) is 5.56 Å². The van der Waals surface area contributed by atoms with Crippen LogP contribution in [0.2, 0.25) is 0 Å². The summed E-state index contributed by atoms with van der Waals surface area (Å²) in [6.07, 6.45) is 5.02. The predicted molar refractivity (Wildman–Crippen MR) is 101 cm³/mol. The van der Waals surface area contributed by atoms with E-state index in [1.54, 1.807) is 30.4 Å². The number of ether oxygens (including phenoxy) is 3. The minimum atomic E-state index is -0.536. The molecule has 2 aromatic carbocycles. The summed E-state index contributed by atoms with van der Waals surface area (Å²) in [5.41, 5.74) is 1.80. The van der Waals surface area contributed by atoms with Gasteiger partial charge < -0.3 is 14.2 Å². The third-order valence-electron chi connectivity index (χ3n) is 3.60. The highest BCUT2D eigenvalue weighted by atomic mass is 16.6. The second kappa shape index (κ2) is 8.14. The summed E-state index contributed by atoms with van der Waals surface area (Å²) >= 11 is 0. The second-order valence-corrected chi connectivity index (χ2v) is 5.62. The van der Waals surface area contributed by atoms with Crippen LogP contribution in [0.5, 0.6) is 11.5 Å². The maximum absolute atomic E-state index is 12.0. The number of carbonyl (C=O) groups excluding carboxylic acids is 2. The molecule has 1 heterocycles. The zero-order valence-corrected chi connectivity index (χ0v) is 14.8. The van der Waals surface area contributed by atoms with E-state index in [1.807, 2.05) is 36.4 Å². The third-order valence-corrected chi connectivity index (χ3v) is 3.60. The van der Waals surface area contributed by atoms with Crippen molar-refractivity contribution in [1.82, 2.24) is 0 Å². The Morgan fingerprint density at radius 2 is 1.81 bits per heavy atom. The van der Waals surface area contributed by atoms with Gasteiger partial charge in [0.1, 0.15) is 0 Å². The molecule has 0 aromatic heterocycles. The van der Waals surface area contributed by atoms with Gasteiger partial charge in [-0.05, 0) is 35.4 Å². The molecule has 0 aliphatic carbocycles. The maximum atomic E-state index is 12.0. The first-order valence-corrected chi connectivity index (χ1v) is 8.17. The van der Waals surface area contributed by atoms with Gasteiger partial charge in [0, 0.05) is 13.0 Å². The van der Waals surface area contributed by atoms with E-state index in [9.17, 15) is 9.59 Å². The van der Waals surface area contributed by atoms with Crippen LogP contribution < -0.4 is 9.47 Å². The van der Waals surface area contributed by atoms with E-state index < -0.39 is 11.9 Å². The number of cyclic esters (lactones) is 1. The van der Waals surface area contributed by atoms with Crippen LogP contribution in [0.1, 0.15) is 18.1 Å². The quantitative estimate of drug-likeness (QED) is 0.461. The lowest BCUT2D eigenvalue weighted by Crippen LogP contribution is -2.03. The Morgan fingerprint density at radius 1 is 1.04 bits per heavy atom. The largest absolute Gasteiger partial charge is 0.493 e. The molecule has 0 saturated carbocycles. The maximum Gasteiger partial charge on any atom is 0.363 e. The molecule has 0 unspecified atom stereocenters. The molecule has 0 saturated heterocycles. The van der Waals surface area contributed by atoms with Gasteiger partial charge in [0.15, 0.2) is 17.2 Å². The normalized spacial score (nSPS) is 15.0. The highest BCUT2D eigenvalue weighted by Crippen LogP contribution is 2.29. The number of aliphatic imine (C=N–C) groups is 1. The van der Waals surface area contributed by atoms with Gasteiger partial charge in [-0.1, -0.05) is 36.4 Å². The summed E-state index contributed by atoms with van der Waals surface area (Å²) in [6, 6.07) is 14.5. The van der Waals surface area contributed by atoms with Crippen molar-refractivity contribution in [3.63, 3.8) is 0 Å². The number of hydrogen-bond donors (Lipinski definition) is 0. The molecule has 0 bridgehead atoms. The first-order valence-electron chi connectivity index (χ1n) is 8.17. The van der Waals surface area contributed by atoms with Crippen LogP contribution in [0.25, 0.3) is 12.2 Å². The summed E-state index contributed by atoms with van der Waals surface area (Å²) < 4.78 is 15.4. The molecular weight excluding hydrogens is 346 g/mol. The van der Waals surface area contributed by atoms with Gasteiger partial charge in [0.05, 0.1) is 7.11 Å². The monoisotopic (exact) mass is 363 g/mol. The lowest BCUT2D eigenvalue weighted by molar-refractivity contribution is -0.132. The molecule has 0 radical (unpaired) electrons. The van der Waals surface area contributed by atoms with E-state index in [2.05, 4.69) is 4.99 Å². The van der Waals surface area contributed by atoms with Crippen LogP contribution in [0.4, 0.5) is 0 Å². The first kappa shape index (κ1) is 18.1. The Balaban J connectivity index is 1.82. The molecule has 0 N–H and O–H groups in total. The zero-order valence-electron chi connectivity index (χ0n) is 14.8. The Hall–Kier alpha value is -3.67. The standard InChI is InChI=1S/C21H17NO5/c1-14(23)26-18-10-8-16(13-19(18)25-2)12-17-21(24)27-20(22-17)11-9-15-6-4-3-5-7-15/h3-13H,1-2H3. The van der Waals surface area contributed by atoms with Crippen molar-refractivity contribution < 1.29 is 23.8 Å². The molecule has 0 amide bonds. The van der Waals surface area contributed by atoms with Gasteiger partial charge in [0.25, 0.3) is 0 Å². The minimum Gasteiger partial charge on any atom is -0.493 e. The van der Waals surface area contributed by atoms with Gasteiger partial charge >= 0.3 is 11.9 Å². The lowest BCUT2D eigenvalue weighted by Gasteiger charge is -2.08. The number of carbonyl (C=O) groups is 2. The number of nitrogens with zero attached hydrogens (tertiary/aromatic N) is 1. The molecule has 6 nitrogen and oxygen atoms in total. The van der Waals surface area contributed by atoms with Crippen molar-refractivity contribution in [1.29, 1.82) is 0 Å². The van der Waals surface area contributed by atoms with Crippen molar-refractivity contribution >= 4 is 30.0 Å². The van der Waals surface area contributed by atoms with Gasteiger partial charge in [-0.2, -0.15) is 0 Å². The molecule has 0 spiro atoms. The van der Waals surface area contributed by atoms with Crippen molar-refractivity contribution in [2.75, 3.05) is 7.11 Å². The number of esters is 2. The van der Waals surface area contributed by atoms with Crippen LogP contribution in [0.3, 0.4) is 0 Å². The number of rotatable bonds is 5. The van der Waals surface area contributed by atoms with Crippen LogP contribution in [-0.4, -0.2) is 24.9 Å². The highest BCUT2D eigenvalue weighted by molar-refractivity contribution is 6.11. The fourth-order valence-electron chi connectivity index (χ4n) is 2.40. The van der Waals surface area contributed by atoms with Crippen molar-refractivity contribution in [3.05, 3.63) is 71.4 Å². The zero-order chi connectivity index (χ0) is 19.2. The SMILES string of the molecule is COc1cc(C=C2N=C(C=Cc3ccccc3)OC2=O)ccc1OC(C)=O. The lowest BCUT2D eigenvalue weighted by atomic mass is 10.1. The molecule has 3 rings (SSSR count). The summed E-state index contributed by atoms with van der Waals surface area (Å²) in [5, 5.41) is 0. The van der Waals surface area contributed by atoms with E-state index >= 15 is 0 Å². The molecule has 1 aliphatic heterocycles. The summed E-state index contributed by atoms with van der Waals surface area (Å²) in [5.74, 6) is -0.0854. The number of methoxy groups -OCH3 is 1. The van der Waals surface area contributed by atoms with Crippen molar-refractivity contribution in [3.8, 4) is 11.5 Å². The van der Waals surface area contributed by atoms with Gasteiger partial charge in [-0.3, -0.25) is 4.79 Å². The number of hydrogen-bond acceptors (Lipinski definition) is 6. The van der Waals surface area contributed by atoms with E-state index in [-0.39, 0.29) is 11.6 Å². The summed E-state index contributed by atoms with van der Waals surface area (Å²) in [4.78, 5) is 27.3. The van der Waals surface area contributed by atoms with Gasteiger partial charge in [-0.15, -0.1) is 0 Å². The average molecular weight is 363 g/mol. The molecule has 136 valence electrons. The Bertz CT molecular complexity index is 958. The first-order chi connectivity index (χ1) is 13.0. The predicted octanol–water partition coefficient (Wildman–Crippen LogP) is 3.63. The number of benzene rings is 2. The molecule has 0 fully saturated rings. The Labute approximate surface area is 156 Å². The average Bonchev–Trinajstić information content (AvgIpc) is 3.01. The third kappa shape index (κ3) is 4.70. The van der Waals surface area contributed by atoms with Crippen LogP contribution in [0, 0.1) is 0 Å². The molecular formula is C21H17NO5. The van der Waals surface area contributed by atoms with Crippen LogP contribution >= 0.6 is 0 Å². The Kier molecular flexibility index (Phi) is 5.47. The fourth-order valence-corrected chi connectivity index (χ4v) is 2.40. The van der Waals surface area contributed by atoms with Gasteiger partial charge in [-0.25, -0.2) is 9.79 Å². The van der Waals surface area contributed by atoms with E-state index in [0.29, 0.717) is 17.1 Å². The molecule has 2 aromatic rings. The highest BCUT2D eigenvalue weighted by Gasteiger charge is 2.21. The molecule has 27 heavy (non-hydrogen) atoms. The summed E-state index contributed by atoms with van der Waals surface area (Å²) in [6.45, 7) is 1.31. The molecule has 1 aliphatic rings. The van der Waals surface area contributed by atoms with Gasteiger partial charge in [0.2, 0.25) is 5.90 Å². The van der Waals surface area contributed by atoms with E-state index in [1.165, 1.54) is 14.0 Å². The molecule has 6 heteroatoms. The fraction of sp³-hybridized carbons (Fsp3) is 0.0952. The minimum absolute atomic E-state index is 0.171. The van der Waals surface area contributed by atoms with Crippen molar-refractivity contribution in [2.45, 2.75) is 6.92 Å². The topological polar surface area (TPSA) is 74.2 Å². The van der Waals surface area contributed by atoms with Crippen LogP contribution in [0.15, 0.2) is 65.3 Å². The Morgan fingerprint density at radius 3 is 2.52 bits per heavy atom. The van der Waals surface area contributed by atoms with Crippen LogP contribution in [-0.2, 0) is 14.3 Å². The summed E-state index contributed by atoms with van der Waals surface area (Å²) in [7, 11) is 1.47. The molecule has 0 atom stereocenters.